The van der Waals surface area contributed by atoms with Gasteiger partial charge in [0, 0.05) is 13.6 Å². The summed E-state index contributed by atoms with van der Waals surface area (Å²) in [5.74, 6) is 0.651. The Morgan fingerprint density at radius 3 is 2.65 bits per heavy atom. The van der Waals surface area contributed by atoms with Crippen molar-refractivity contribution in [2.45, 2.75) is 19.9 Å². The van der Waals surface area contributed by atoms with Crippen molar-refractivity contribution < 1.29 is 9.53 Å². The first-order chi connectivity index (χ1) is 12.6. The maximum absolute atomic E-state index is 12.3. The molecule has 1 heterocycles. The van der Waals surface area contributed by atoms with Crippen molar-refractivity contribution >= 4 is 16.9 Å². The predicted octanol–water partition coefficient (Wildman–Crippen LogP) is 2.23. The molecule has 3 aromatic rings. The van der Waals surface area contributed by atoms with Gasteiger partial charge in [-0.25, -0.2) is 4.79 Å². The van der Waals surface area contributed by atoms with E-state index in [1.54, 1.807) is 11.6 Å². The zero-order valence-electron chi connectivity index (χ0n) is 15.1. The Kier molecular flexibility index (Phi) is 5.41. The molecule has 136 valence electrons. The minimum absolute atomic E-state index is 0.0128. The third-order valence-corrected chi connectivity index (χ3v) is 4.25. The number of nitrogens with one attached hydrogen (secondary N) is 1. The Hall–Kier alpha value is -3.02. The second kappa shape index (κ2) is 7.91. The molecule has 0 spiro atoms. The molecule has 26 heavy (non-hydrogen) atoms. The summed E-state index contributed by atoms with van der Waals surface area (Å²) in [6, 6.07) is 15.3. The number of hydrogen-bond acceptors (Lipinski definition) is 3. The van der Waals surface area contributed by atoms with Crippen molar-refractivity contribution in [3.05, 3.63) is 64.6 Å². The Morgan fingerprint density at radius 1 is 1.12 bits per heavy atom. The molecule has 1 amide bonds. The molecular formula is C20H23N3O3. The van der Waals surface area contributed by atoms with Crippen LogP contribution in [0.2, 0.25) is 0 Å². The van der Waals surface area contributed by atoms with Gasteiger partial charge in [-0.15, -0.1) is 0 Å². The van der Waals surface area contributed by atoms with Crippen LogP contribution in [-0.4, -0.2) is 28.2 Å². The van der Waals surface area contributed by atoms with Gasteiger partial charge in [-0.3, -0.25) is 13.9 Å². The number of rotatable bonds is 7. The van der Waals surface area contributed by atoms with Gasteiger partial charge in [0.25, 0.3) is 0 Å². The molecule has 0 aliphatic carbocycles. The molecular weight excluding hydrogens is 330 g/mol. The average Bonchev–Trinajstić information content (AvgIpc) is 2.87. The van der Waals surface area contributed by atoms with Gasteiger partial charge >= 0.3 is 5.69 Å². The van der Waals surface area contributed by atoms with Crippen LogP contribution in [0.5, 0.6) is 5.75 Å². The summed E-state index contributed by atoms with van der Waals surface area (Å²) in [5, 5.41) is 2.84. The number of aryl methyl sites for hydroxylation is 2. The Labute approximate surface area is 152 Å². The predicted molar refractivity (Wildman–Crippen MR) is 101 cm³/mol. The van der Waals surface area contributed by atoms with Crippen LogP contribution in [0.3, 0.4) is 0 Å². The topological polar surface area (TPSA) is 65.3 Å². The average molecular weight is 353 g/mol. The second-order valence-electron chi connectivity index (χ2n) is 6.28. The minimum Gasteiger partial charge on any atom is -0.494 e. The van der Waals surface area contributed by atoms with Crippen LogP contribution in [0.1, 0.15) is 12.0 Å². The van der Waals surface area contributed by atoms with E-state index in [2.05, 4.69) is 5.32 Å². The molecule has 0 bridgehead atoms. The van der Waals surface area contributed by atoms with Gasteiger partial charge in [0.1, 0.15) is 12.3 Å². The van der Waals surface area contributed by atoms with Gasteiger partial charge in [-0.1, -0.05) is 24.3 Å². The zero-order valence-corrected chi connectivity index (χ0v) is 15.1. The van der Waals surface area contributed by atoms with E-state index in [1.807, 2.05) is 55.5 Å². The molecule has 0 radical (unpaired) electrons. The summed E-state index contributed by atoms with van der Waals surface area (Å²) in [7, 11) is 1.71. The van der Waals surface area contributed by atoms with Crippen LogP contribution in [0, 0.1) is 6.92 Å². The van der Waals surface area contributed by atoms with E-state index in [0.29, 0.717) is 19.6 Å². The standard InChI is InChI=1S/C20H23N3O3/c1-15-7-5-8-16(13-15)26-12-6-11-21-19(24)14-23-18-10-4-3-9-17(18)22(2)20(23)25/h3-5,7-10,13H,6,11-12,14H2,1-2H3,(H,21,24). The first kappa shape index (κ1) is 17.8. The van der Waals surface area contributed by atoms with Gasteiger partial charge in [-0.05, 0) is 43.2 Å². The lowest BCUT2D eigenvalue weighted by molar-refractivity contribution is -0.121. The molecule has 0 saturated heterocycles. The number of ether oxygens (including phenoxy) is 1. The van der Waals surface area contributed by atoms with Crippen molar-refractivity contribution in [2.24, 2.45) is 7.05 Å². The molecule has 2 aromatic carbocycles. The quantitative estimate of drug-likeness (QED) is 0.663. The largest absolute Gasteiger partial charge is 0.494 e. The minimum atomic E-state index is -0.191. The van der Waals surface area contributed by atoms with Crippen molar-refractivity contribution in [1.29, 1.82) is 0 Å². The maximum Gasteiger partial charge on any atom is 0.329 e. The highest BCUT2D eigenvalue weighted by molar-refractivity contribution is 5.80. The number of fused-ring (bicyclic) bond motifs is 1. The third-order valence-electron chi connectivity index (χ3n) is 4.25. The second-order valence-corrected chi connectivity index (χ2v) is 6.28. The normalized spacial score (nSPS) is 10.8. The number of benzene rings is 2. The monoisotopic (exact) mass is 353 g/mol. The lowest BCUT2D eigenvalue weighted by Crippen LogP contribution is -2.33. The zero-order chi connectivity index (χ0) is 18.5. The van der Waals surface area contributed by atoms with Crippen LogP contribution in [0.4, 0.5) is 0 Å². The van der Waals surface area contributed by atoms with Crippen molar-refractivity contribution in [3.63, 3.8) is 0 Å². The Bertz CT molecular complexity index is 972. The van der Waals surface area contributed by atoms with E-state index < -0.39 is 0 Å². The highest BCUT2D eigenvalue weighted by Gasteiger charge is 2.12. The molecule has 6 nitrogen and oxygen atoms in total. The number of carbonyl (C=O) groups excluding carboxylic acids is 1. The number of imidazole rings is 1. The molecule has 0 aliphatic rings. The number of nitrogens with zero attached hydrogens (tertiary/aromatic N) is 2. The number of carbonyl (C=O) groups is 1. The Balaban J connectivity index is 1.49. The molecule has 1 aromatic heterocycles. The summed E-state index contributed by atoms with van der Waals surface area (Å²) in [5.41, 5.74) is 2.54. The highest BCUT2D eigenvalue weighted by Crippen LogP contribution is 2.12. The van der Waals surface area contributed by atoms with Gasteiger partial charge in [0.2, 0.25) is 5.91 Å². The lowest BCUT2D eigenvalue weighted by atomic mass is 10.2. The van der Waals surface area contributed by atoms with Crippen LogP contribution in [-0.2, 0) is 18.4 Å². The van der Waals surface area contributed by atoms with Crippen LogP contribution < -0.4 is 15.7 Å². The van der Waals surface area contributed by atoms with E-state index in [1.165, 1.54) is 4.57 Å². The third kappa shape index (κ3) is 3.96. The number of amides is 1. The first-order valence-corrected chi connectivity index (χ1v) is 8.66. The molecule has 1 N–H and O–H groups in total. The SMILES string of the molecule is Cc1cccc(OCCCNC(=O)Cn2c(=O)n(C)c3ccccc32)c1. The fraction of sp³-hybridized carbons (Fsp3) is 0.300. The maximum atomic E-state index is 12.3. The molecule has 0 aliphatic heterocycles. The van der Waals surface area contributed by atoms with Crippen LogP contribution >= 0.6 is 0 Å². The van der Waals surface area contributed by atoms with Crippen molar-refractivity contribution in [3.8, 4) is 5.75 Å². The molecule has 3 rings (SSSR count). The van der Waals surface area contributed by atoms with Gasteiger partial charge in [-0.2, -0.15) is 0 Å². The summed E-state index contributed by atoms with van der Waals surface area (Å²) in [6.07, 6.45) is 0.699. The molecule has 6 heteroatoms. The van der Waals surface area contributed by atoms with E-state index in [4.69, 9.17) is 4.74 Å². The molecule has 0 unspecified atom stereocenters. The number of aromatic nitrogens is 2. The van der Waals surface area contributed by atoms with Gasteiger partial charge in [0.05, 0.1) is 17.6 Å². The lowest BCUT2D eigenvalue weighted by Gasteiger charge is -2.08. The van der Waals surface area contributed by atoms with Crippen LogP contribution in [0.25, 0.3) is 11.0 Å². The molecule has 0 fully saturated rings. The van der Waals surface area contributed by atoms with Crippen molar-refractivity contribution in [2.75, 3.05) is 13.2 Å². The van der Waals surface area contributed by atoms with Gasteiger partial charge < -0.3 is 10.1 Å². The highest BCUT2D eigenvalue weighted by atomic mass is 16.5. The Morgan fingerprint density at radius 2 is 1.88 bits per heavy atom. The van der Waals surface area contributed by atoms with Gasteiger partial charge in [0.15, 0.2) is 0 Å². The van der Waals surface area contributed by atoms with Crippen molar-refractivity contribution in [1.82, 2.24) is 14.5 Å². The first-order valence-electron chi connectivity index (χ1n) is 8.66. The molecule has 0 atom stereocenters. The fourth-order valence-electron chi connectivity index (χ4n) is 2.91. The summed E-state index contributed by atoms with van der Waals surface area (Å²) in [6.45, 7) is 3.06. The number of hydrogen-bond donors (Lipinski definition) is 1. The van der Waals surface area contributed by atoms with E-state index in [9.17, 15) is 9.59 Å². The summed E-state index contributed by atoms with van der Waals surface area (Å²) < 4.78 is 8.71. The summed E-state index contributed by atoms with van der Waals surface area (Å²) >= 11 is 0. The fourth-order valence-corrected chi connectivity index (χ4v) is 2.91. The number of para-hydroxylation sites is 2. The van der Waals surface area contributed by atoms with E-state index in [0.717, 1.165) is 22.3 Å². The smallest absolute Gasteiger partial charge is 0.329 e. The summed E-state index contributed by atoms with van der Waals surface area (Å²) in [4.78, 5) is 24.5. The van der Waals surface area contributed by atoms with E-state index in [-0.39, 0.29) is 18.1 Å². The van der Waals surface area contributed by atoms with E-state index >= 15 is 0 Å². The van der Waals surface area contributed by atoms with Crippen LogP contribution in [0.15, 0.2) is 53.3 Å². The molecule has 0 saturated carbocycles.